The van der Waals surface area contributed by atoms with Gasteiger partial charge in [-0.25, -0.2) is 14.4 Å². The molecule has 1 saturated heterocycles. The number of halogens is 1. The van der Waals surface area contributed by atoms with Crippen LogP contribution in [0.1, 0.15) is 48.4 Å². The summed E-state index contributed by atoms with van der Waals surface area (Å²) >= 11 is 0. The summed E-state index contributed by atoms with van der Waals surface area (Å²) in [5.74, 6) is -0.000407. The van der Waals surface area contributed by atoms with Crippen molar-refractivity contribution in [1.29, 1.82) is 0 Å². The molecule has 2 atom stereocenters. The van der Waals surface area contributed by atoms with E-state index >= 15 is 0 Å². The summed E-state index contributed by atoms with van der Waals surface area (Å²) in [6.07, 6.45) is 5.41. The van der Waals surface area contributed by atoms with Crippen LogP contribution in [0.4, 0.5) is 10.1 Å². The van der Waals surface area contributed by atoms with Gasteiger partial charge >= 0.3 is 0 Å². The van der Waals surface area contributed by atoms with E-state index in [1.807, 2.05) is 0 Å². The van der Waals surface area contributed by atoms with E-state index in [1.165, 1.54) is 12.1 Å². The minimum atomic E-state index is -0.482. The first-order valence-electron chi connectivity index (χ1n) is 9.65. The highest BCUT2D eigenvalue weighted by molar-refractivity contribution is 6.00. The lowest BCUT2D eigenvalue weighted by Gasteiger charge is -2.36. The molecule has 2 heterocycles. The van der Waals surface area contributed by atoms with E-state index in [9.17, 15) is 14.0 Å². The van der Waals surface area contributed by atoms with Gasteiger partial charge < -0.3 is 10.2 Å². The van der Waals surface area contributed by atoms with Crippen molar-refractivity contribution in [3.05, 3.63) is 53.9 Å². The Morgan fingerprint density at radius 3 is 2.96 bits per heavy atom. The maximum absolute atomic E-state index is 13.6. The lowest BCUT2D eigenvalue weighted by molar-refractivity contribution is -0.127. The molecule has 6 nitrogen and oxygen atoms in total. The second-order valence-electron chi connectivity index (χ2n) is 7.72. The molecule has 2 amide bonds. The van der Waals surface area contributed by atoms with Crippen LogP contribution in [0.25, 0.3) is 0 Å². The zero-order chi connectivity index (χ0) is 19.7. The Balaban J connectivity index is 1.47. The lowest BCUT2D eigenvalue weighted by Crippen LogP contribution is -2.46. The summed E-state index contributed by atoms with van der Waals surface area (Å²) in [6.45, 7) is 2.32. The molecular formula is C21H23FN4O2. The normalized spacial score (nSPS) is 24.6. The lowest BCUT2D eigenvalue weighted by atomic mass is 9.71. The standard InChI is InChI=1S/C21H23FN4O2/c1-14-23-10-7-18(24-14)19(27)25-16-5-3-8-21(13-16)9-11-26(20(21)28)17-6-2-4-15(22)12-17/h2,4,6-7,10,12,16H,3,5,8-9,11,13H2,1H3,(H,25,27). The molecular weight excluding hydrogens is 359 g/mol. The number of benzene rings is 1. The molecule has 146 valence electrons. The molecule has 1 spiro atoms. The Labute approximate surface area is 163 Å². The summed E-state index contributed by atoms with van der Waals surface area (Å²) in [6, 6.07) is 7.67. The Morgan fingerprint density at radius 2 is 2.18 bits per heavy atom. The molecule has 2 aliphatic rings. The van der Waals surface area contributed by atoms with E-state index < -0.39 is 5.41 Å². The Hall–Kier alpha value is -2.83. The maximum atomic E-state index is 13.6. The molecule has 7 heteroatoms. The van der Waals surface area contributed by atoms with E-state index in [0.29, 0.717) is 30.2 Å². The molecule has 2 unspecified atom stereocenters. The van der Waals surface area contributed by atoms with Crippen LogP contribution in [-0.2, 0) is 4.79 Å². The molecule has 28 heavy (non-hydrogen) atoms. The first-order chi connectivity index (χ1) is 13.5. The second-order valence-corrected chi connectivity index (χ2v) is 7.72. The van der Waals surface area contributed by atoms with Gasteiger partial charge in [-0.05, 0) is 56.9 Å². The zero-order valence-corrected chi connectivity index (χ0v) is 15.8. The van der Waals surface area contributed by atoms with Crippen molar-refractivity contribution >= 4 is 17.5 Å². The number of hydrogen-bond acceptors (Lipinski definition) is 4. The fourth-order valence-corrected chi connectivity index (χ4v) is 4.46. The number of nitrogens with zero attached hydrogens (tertiary/aromatic N) is 3. The average molecular weight is 382 g/mol. The molecule has 1 aromatic heterocycles. The number of carbonyl (C=O) groups excluding carboxylic acids is 2. The summed E-state index contributed by atoms with van der Waals surface area (Å²) in [5, 5.41) is 3.04. The number of hydrogen-bond donors (Lipinski definition) is 1. The Bertz CT molecular complexity index is 919. The van der Waals surface area contributed by atoms with E-state index in [-0.39, 0.29) is 23.7 Å². The smallest absolute Gasteiger partial charge is 0.270 e. The first kappa shape index (κ1) is 18.5. The number of aryl methyl sites for hydroxylation is 1. The predicted molar refractivity (Wildman–Crippen MR) is 102 cm³/mol. The quantitative estimate of drug-likeness (QED) is 0.885. The van der Waals surface area contributed by atoms with Gasteiger partial charge in [0.2, 0.25) is 5.91 Å². The van der Waals surface area contributed by atoms with Crippen LogP contribution in [-0.4, -0.2) is 34.4 Å². The molecule has 1 aliphatic carbocycles. The third-order valence-corrected chi connectivity index (χ3v) is 5.82. The summed E-state index contributed by atoms with van der Waals surface area (Å²) in [7, 11) is 0. The summed E-state index contributed by atoms with van der Waals surface area (Å²) in [5.41, 5.74) is 0.458. The highest BCUT2D eigenvalue weighted by atomic mass is 19.1. The SMILES string of the molecule is Cc1nccc(C(=O)NC2CCCC3(CCN(c4cccc(F)c4)C3=O)C2)n1. The largest absolute Gasteiger partial charge is 0.348 e. The third-order valence-electron chi connectivity index (χ3n) is 5.82. The average Bonchev–Trinajstić information content (AvgIpc) is 2.97. The molecule has 1 saturated carbocycles. The van der Waals surface area contributed by atoms with Crippen molar-refractivity contribution in [2.75, 3.05) is 11.4 Å². The van der Waals surface area contributed by atoms with Crippen LogP contribution in [0.5, 0.6) is 0 Å². The van der Waals surface area contributed by atoms with E-state index in [0.717, 1.165) is 25.7 Å². The van der Waals surface area contributed by atoms with Gasteiger partial charge in [0.1, 0.15) is 17.3 Å². The number of nitrogens with one attached hydrogen (secondary N) is 1. The van der Waals surface area contributed by atoms with Crippen LogP contribution in [0.3, 0.4) is 0 Å². The molecule has 1 aromatic carbocycles. The zero-order valence-electron chi connectivity index (χ0n) is 15.8. The number of carbonyl (C=O) groups is 2. The molecule has 2 aromatic rings. The Kier molecular flexibility index (Phi) is 4.83. The number of rotatable bonds is 3. The van der Waals surface area contributed by atoms with Crippen LogP contribution >= 0.6 is 0 Å². The van der Waals surface area contributed by atoms with Crippen molar-refractivity contribution in [2.45, 2.75) is 45.1 Å². The van der Waals surface area contributed by atoms with Gasteiger partial charge in [-0.1, -0.05) is 12.5 Å². The van der Waals surface area contributed by atoms with E-state index in [2.05, 4.69) is 15.3 Å². The third kappa shape index (κ3) is 3.48. The minimum absolute atomic E-state index is 0.0370. The fourth-order valence-electron chi connectivity index (χ4n) is 4.46. The highest BCUT2D eigenvalue weighted by Gasteiger charge is 2.49. The van der Waals surface area contributed by atoms with Crippen LogP contribution in [0, 0.1) is 18.2 Å². The van der Waals surface area contributed by atoms with Gasteiger partial charge in [-0.15, -0.1) is 0 Å². The van der Waals surface area contributed by atoms with Crippen molar-refractivity contribution in [3.8, 4) is 0 Å². The van der Waals surface area contributed by atoms with Crippen LogP contribution in [0.2, 0.25) is 0 Å². The van der Waals surface area contributed by atoms with Crippen molar-refractivity contribution < 1.29 is 14.0 Å². The summed E-state index contributed by atoms with van der Waals surface area (Å²) in [4.78, 5) is 35.6. The molecule has 1 N–H and O–H groups in total. The molecule has 4 rings (SSSR count). The monoisotopic (exact) mass is 382 g/mol. The predicted octanol–water partition coefficient (Wildman–Crippen LogP) is 3.02. The maximum Gasteiger partial charge on any atom is 0.270 e. The highest BCUT2D eigenvalue weighted by Crippen LogP contribution is 2.46. The van der Waals surface area contributed by atoms with Gasteiger partial charge in [0.05, 0.1) is 5.41 Å². The van der Waals surface area contributed by atoms with E-state index in [1.54, 1.807) is 36.2 Å². The number of anilines is 1. The van der Waals surface area contributed by atoms with Crippen molar-refractivity contribution in [2.24, 2.45) is 5.41 Å². The number of amides is 2. The Morgan fingerprint density at radius 1 is 1.32 bits per heavy atom. The van der Waals surface area contributed by atoms with Gasteiger partial charge in [-0.2, -0.15) is 0 Å². The van der Waals surface area contributed by atoms with E-state index in [4.69, 9.17) is 0 Å². The fraction of sp³-hybridized carbons (Fsp3) is 0.429. The van der Waals surface area contributed by atoms with Gasteiger partial charge in [0.25, 0.3) is 5.91 Å². The molecule has 0 bridgehead atoms. The van der Waals surface area contributed by atoms with Crippen molar-refractivity contribution in [3.63, 3.8) is 0 Å². The van der Waals surface area contributed by atoms with Gasteiger partial charge in [0, 0.05) is 24.5 Å². The second kappa shape index (κ2) is 7.30. The van der Waals surface area contributed by atoms with Crippen LogP contribution < -0.4 is 10.2 Å². The van der Waals surface area contributed by atoms with Gasteiger partial charge in [0.15, 0.2) is 0 Å². The minimum Gasteiger partial charge on any atom is -0.348 e. The van der Waals surface area contributed by atoms with Crippen LogP contribution in [0.15, 0.2) is 36.5 Å². The molecule has 2 fully saturated rings. The van der Waals surface area contributed by atoms with Crippen molar-refractivity contribution in [1.82, 2.24) is 15.3 Å². The summed E-state index contributed by atoms with van der Waals surface area (Å²) < 4.78 is 13.6. The first-order valence-corrected chi connectivity index (χ1v) is 9.65. The molecule has 0 radical (unpaired) electrons. The number of aromatic nitrogens is 2. The molecule has 1 aliphatic heterocycles. The topological polar surface area (TPSA) is 75.2 Å². The van der Waals surface area contributed by atoms with Gasteiger partial charge in [-0.3, -0.25) is 9.59 Å².